The topological polar surface area (TPSA) is 91.2 Å². The zero-order valence-electron chi connectivity index (χ0n) is 9.97. The van der Waals surface area contributed by atoms with Crippen molar-refractivity contribution in [2.24, 2.45) is 5.73 Å². The number of ether oxygens (including phenoxy) is 1. The number of aromatic nitrogens is 1. The van der Waals surface area contributed by atoms with Crippen molar-refractivity contribution in [3.8, 4) is 5.75 Å². The zero-order valence-corrected chi connectivity index (χ0v) is 9.97. The molecule has 0 fully saturated rings. The molecule has 1 aromatic carbocycles. The second-order valence-electron chi connectivity index (χ2n) is 3.92. The third-order valence-electron chi connectivity index (χ3n) is 2.43. The van der Waals surface area contributed by atoms with Crippen LogP contribution in [0.15, 0.2) is 36.7 Å². The van der Waals surface area contributed by atoms with Gasteiger partial charge in [-0.05, 0) is 18.2 Å². The summed E-state index contributed by atoms with van der Waals surface area (Å²) in [5.41, 5.74) is 12.0. The Morgan fingerprint density at radius 2 is 2.11 bits per heavy atom. The molecular formula is C13H12FN3O2. The van der Waals surface area contributed by atoms with E-state index in [0.717, 1.165) is 6.20 Å². The van der Waals surface area contributed by atoms with Crippen LogP contribution in [0, 0.1) is 5.82 Å². The van der Waals surface area contributed by atoms with Crippen LogP contribution in [0.3, 0.4) is 0 Å². The van der Waals surface area contributed by atoms with Crippen molar-refractivity contribution in [1.82, 2.24) is 4.98 Å². The van der Waals surface area contributed by atoms with Gasteiger partial charge in [-0.3, -0.25) is 9.78 Å². The smallest absolute Gasteiger partial charge is 0.252 e. The van der Waals surface area contributed by atoms with Gasteiger partial charge in [-0.15, -0.1) is 0 Å². The Hall–Kier alpha value is -2.63. The van der Waals surface area contributed by atoms with Crippen molar-refractivity contribution in [3.63, 3.8) is 0 Å². The summed E-state index contributed by atoms with van der Waals surface area (Å²) in [7, 11) is 0. The van der Waals surface area contributed by atoms with E-state index in [1.165, 1.54) is 24.4 Å². The minimum absolute atomic E-state index is 0.0640. The third kappa shape index (κ3) is 3.19. The molecule has 0 unspecified atom stereocenters. The number of hydrogen-bond acceptors (Lipinski definition) is 4. The van der Waals surface area contributed by atoms with Crippen LogP contribution >= 0.6 is 0 Å². The molecule has 2 rings (SSSR count). The summed E-state index contributed by atoms with van der Waals surface area (Å²) in [5, 5.41) is 0. The summed E-state index contributed by atoms with van der Waals surface area (Å²) >= 11 is 0. The van der Waals surface area contributed by atoms with E-state index in [-0.39, 0.29) is 17.9 Å². The maximum absolute atomic E-state index is 13.0. The fourth-order valence-corrected chi connectivity index (χ4v) is 1.56. The molecule has 0 aliphatic carbocycles. The Morgan fingerprint density at radius 1 is 1.32 bits per heavy atom. The number of primary amides is 1. The molecule has 19 heavy (non-hydrogen) atoms. The van der Waals surface area contributed by atoms with Gasteiger partial charge >= 0.3 is 0 Å². The molecule has 0 spiro atoms. The highest BCUT2D eigenvalue weighted by atomic mass is 19.1. The minimum Gasteiger partial charge on any atom is -0.488 e. The first-order valence-electron chi connectivity index (χ1n) is 5.48. The molecule has 1 amide bonds. The van der Waals surface area contributed by atoms with Crippen molar-refractivity contribution in [2.75, 3.05) is 5.73 Å². The highest BCUT2D eigenvalue weighted by Gasteiger charge is 2.10. The first kappa shape index (κ1) is 12.8. The van der Waals surface area contributed by atoms with E-state index in [4.69, 9.17) is 16.2 Å². The summed E-state index contributed by atoms with van der Waals surface area (Å²) in [6.07, 6.45) is 2.57. The number of pyridine rings is 1. The molecule has 0 radical (unpaired) electrons. The molecule has 0 bridgehead atoms. The molecule has 0 aliphatic rings. The number of rotatable bonds is 4. The fourth-order valence-electron chi connectivity index (χ4n) is 1.56. The van der Waals surface area contributed by atoms with E-state index in [1.54, 1.807) is 6.07 Å². The van der Waals surface area contributed by atoms with Crippen LogP contribution < -0.4 is 16.2 Å². The SMILES string of the molecule is NC(=O)c1ccc(N)cc1OCc1cncc(F)c1. The number of amides is 1. The van der Waals surface area contributed by atoms with Crippen LogP contribution in [-0.2, 0) is 6.61 Å². The number of nitrogen functional groups attached to an aromatic ring is 1. The van der Waals surface area contributed by atoms with E-state index in [1.807, 2.05) is 0 Å². The number of nitrogens with zero attached hydrogens (tertiary/aromatic N) is 1. The van der Waals surface area contributed by atoms with Gasteiger partial charge in [-0.1, -0.05) is 0 Å². The molecule has 6 heteroatoms. The van der Waals surface area contributed by atoms with E-state index in [9.17, 15) is 9.18 Å². The first-order chi connectivity index (χ1) is 9.06. The van der Waals surface area contributed by atoms with Crippen molar-refractivity contribution >= 4 is 11.6 Å². The zero-order chi connectivity index (χ0) is 13.8. The summed E-state index contributed by atoms with van der Waals surface area (Å²) in [4.78, 5) is 14.9. The molecule has 4 N–H and O–H groups in total. The Bertz CT molecular complexity index is 617. The van der Waals surface area contributed by atoms with Gasteiger partial charge in [0, 0.05) is 23.5 Å². The Balaban J connectivity index is 2.19. The Kier molecular flexibility index (Phi) is 3.61. The third-order valence-corrected chi connectivity index (χ3v) is 2.43. The second-order valence-corrected chi connectivity index (χ2v) is 3.92. The molecule has 0 atom stereocenters. The highest BCUT2D eigenvalue weighted by molar-refractivity contribution is 5.96. The molecule has 0 aliphatic heterocycles. The standard InChI is InChI=1S/C13H12FN3O2/c14-9-3-8(5-17-6-9)7-19-12-4-10(15)1-2-11(12)13(16)18/h1-6H,7,15H2,(H2,16,18). The summed E-state index contributed by atoms with van der Waals surface area (Å²) in [6.45, 7) is 0.0640. The van der Waals surface area contributed by atoms with Crippen molar-refractivity contribution in [3.05, 3.63) is 53.6 Å². The molecule has 0 saturated heterocycles. The molecule has 1 aromatic heterocycles. The first-order valence-corrected chi connectivity index (χ1v) is 5.48. The second kappa shape index (κ2) is 5.34. The van der Waals surface area contributed by atoms with E-state index >= 15 is 0 Å². The normalized spacial score (nSPS) is 10.2. The number of halogens is 1. The van der Waals surface area contributed by atoms with Crippen LogP contribution in [0.5, 0.6) is 5.75 Å². The predicted octanol–water partition coefficient (Wildman–Crippen LogP) is 1.48. The molecule has 98 valence electrons. The lowest BCUT2D eigenvalue weighted by atomic mass is 10.1. The van der Waals surface area contributed by atoms with Crippen LogP contribution in [-0.4, -0.2) is 10.9 Å². The number of carbonyl (C=O) groups is 1. The van der Waals surface area contributed by atoms with E-state index in [0.29, 0.717) is 11.3 Å². The van der Waals surface area contributed by atoms with Crippen LogP contribution in [0.2, 0.25) is 0 Å². The van der Waals surface area contributed by atoms with Crippen LogP contribution in [0.25, 0.3) is 0 Å². The average Bonchev–Trinajstić information content (AvgIpc) is 2.36. The average molecular weight is 261 g/mol. The number of nitrogens with two attached hydrogens (primary N) is 2. The number of anilines is 1. The predicted molar refractivity (Wildman–Crippen MR) is 67.9 cm³/mol. The minimum atomic E-state index is -0.618. The monoisotopic (exact) mass is 261 g/mol. The molecule has 0 saturated carbocycles. The number of carbonyl (C=O) groups excluding carboxylic acids is 1. The van der Waals surface area contributed by atoms with Crippen LogP contribution in [0.4, 0.5) is 10.1 Å². The fraction of sp³-hybridized carbons (Fsp3) is 0.0769. The van der Waals surface area contributed by atoms with Gasteiger partial charge in [0.1, 0.15) is 18.2 Å². The molecule has 2 aromatic rings. The Labute approximate surface area is 109 Å². The summed E-state index contributed by atoms with van der Waals surface area (Å²) in [5.74, 6) is -0.812. The molecule has 1 heterocycles. The van der Waals surface area contributed by atoms with Gasteiger partial charge in [0.2, 0.25) is 0 Å². The highest BCUT2D eigenvalue weighted by Crippen LogP contribution is 2.22. The van der Waals surface area contributed by atoms with Gasteiger partial charge in [0.25, 0.3) is 5.91 Å². The van der Waals surface area contributed by atoms with E-state index in [2.05, 4.69) is 4.98 Å². The van der Waals surface area contributed by atoms with Crippen molar-refractivity contribution in [2.45, 2.75) is 6.61 Å². The van der Waals surface area contributed by atoms with E-state index < -0.39 is 11.7 Å². The maximum atomic E-state index is 13.0. The van der Waals surface area contributed by atoms with Gasteiger partial charge in [0.05, 0.1) is 11.8 Å². The van der Waals surface area contributed by atoms with Gasteiger partial charge in [0.15, 0.2) is 0 Å². The lowest BCUT2D eigenvalue weighted by Crippen LogP contribution is -2.13. The van der Waals surface area contributed by atoms with Crippen LogP contribution in [0.1, 0.15) is 15.9 Å². The Morgan fingerprint density at radius 3 is 2.79 bits per heavy atom. The lowest BCUT2D eigenvalue weighted by Gasteiger charge is -2.10. The summed E-state index contributed by atoms with van der Waals surface area (Å²) < 4.78 is 18.4. The molecule has 5 nitrogen and oxygen atoms in total. The largest absolute Gasteiger partial charge is 0.488 e. The quantitative estimate of drug-likeness (QED) is 0.815. The van der Waals surface area contributed by atoms with Gasteiger partial charge < -0.3 is 16.2 Å². The van der Waals surface area contributed by atoms with Gasteiger partial charge in [-0.25, -0.2) is 4.39 Å². The molecular weight excluding hydrogens is 249 g/mol. The maximum Gasteiger partial charge on any atom is 0.252 e. The van der Waals surface area contributed by atoms with Crippen molar-refractivity contribution < 1.29 is 13.9 Å². The number of hydrogen-bond donors (Lipinski definition) is 2. The summed E-state index contributed by atoms with van der Waals surface area (Å²) in [6, 6.07) is 5.82. The lowest BCUT2D eigenvalue weighted by molar-refractivity contribution is 0.0996. The number of benzene rings is 1. The van der Waals surface area contributed by atoms with Crippen molar-refractivity contribution in [1.29, 1.82) is 0 Å². The van der Waals surface area contributed by atoms with Gasteiger partial charge in [-0.2, -0.15) is 0 Å².